The van der Waals surface area contributed by atoms with Crippen LogP contribution in [0.3, 0.4) is 0 Å². The molecule has 31 heavy (non-hydrogen) atoms. The number of aromatic nitrogens is 1. The maximum Gasteiger partial charge on any atom is 0.299 e. The molecule has 0 aliphatic carbocycles. The number of anilines is 1. The number of alkyl halides is 2. The Kier molecular flexibility index (Phi) is 7.28. The van der Waals surface area contributed by atoms with E-state index in [9.17, 15) is 22.4 Å². The number of pyridine rings is 1. The van der Waals surface area contributed by atoms with Crippen molar-refractivity contribution in [3.63, 3.8) is 0 Å². The lowest BCUT2D eigenvalue weighted by atomic mass is 9.85. The highest BCUT2D eigenvalue weighted by Gasteiger charge is 2.54. The Bertz CT molecular complexity index is 985. The highest BCUT2D eigenvalue weighted by atomic mass is 19.3. The predicted molar refractivity (Wildman–Crippen MR) is 102 cm³/mol. The Morgan fingerprint density at radius 1 is 1.29 bits per heavy atom. The van der Waals surface area contributed by atoms with Crippen LogP contribution in [0.15, 0.2) is 41.5 Å². The van der Waals surface area contributed by atoms with E-state index in [0.717, 1.165) is 37.4 Å². The third-order valence-corrected chi connectivity index (χ3v) is 4.32. The van der Waals surface area contributed by atoms with E-state index in [0.29, 0.717) is 0 Å². The normalized spacial score (nSPS) is 19.8. The number of carbonyl (C=O) groups is 2. The second kappa shape index (κ2) is 9.51. The number of ether oxygens (including phenoxy) is 1. The molecule has 2 heterocycles. The summed E-state index contributed by atoms with van der Waals surface area (Å²) in [6.07, 6.45) is 0.857. The van der Waals surface area contributed by atoms with Gasteiger partial charge in [-0.15, -0.1) is 0 Å². The van der Waals surface area contributed by atoms with E-state index >= 15 is 0 Å². The SMILES string of the molecule is CC1(c2cc(NC(=O)c3ccc(F)cn3)ccc2F)N=C(N)COCC1(F)F.O=CO. The summed E-state index contributed by atoms with van der Waals surface area (Å²) in [6.45, 7) is -0.511. The van der Waals surface area contributed by atoms with E-state index in [4.69, 9.17) is 20.4 Å². The summed E-state index contributed by atoms with van der Waals surface area (Å²) in [6, 6.07) is 5.37. The van der Waals surface area contributed by atoms with Crippen LogP contribution in [0, 0.1) is 11.6 Å². The fraction of sp³-hybridized carbons (Fsp3) is 0.263. The van der Waals surface area contributed by atoms with Crippen LogP contribution in [0.5, 0.6) is 0 Å². The number of halogens is 4. The minimum Gasteiger partial charge on any atom is -0.483 e. The van der Waals surface area contributed by atoms with Crippen molar-refractivity contribution >= 4 is 23.9 Å². The van der Waals surface area contributed by atoms with Crippen LogP contribution in [-0.4, -0.2) is 47.4 Å². The molecule has 8 nitrogen and oxygen atoms in total. The number of benzene rings is 1. The van der Waals surface area contributed by atoms with Gasteiger partial charge < -0.3 is 20.9 Å². The summed E-state index contributed by atoms with van der Waals surface area (Å²) >= 11 is 0. The number of hydrogen-bond acceptors (Lipinski definition) is 6. The molecular weight excluding hydrogens is 424 g/mol. The molecule has 0 radical (unpaired) electrons. The number of carboxylic acid groups (broad SMARTS) is 1. The summed E-state index contributed by atoms with van der Waals surface area (Å²) in [4.78, 5) is 28.0. The van der Waals surface area contributed by atoms with Crippen molar-refractivity contribution in [1.82, 2.24) is 4.98 Å². The lowest BCUT2D eigenvalue weighted by molar-refractivity contribution is -0.122. The quantitative estimate of drug-likeness (QED) is 0.495. The number of hydrogen-bond donors (Lipinski definition) is 3. The molecule has 3 rings (SSSR count). The standard InChI is InChI=1S/C18H16F4N4O2.CH2O2/c1-17(18(21,22)9-28-8-15(23)26-17)12-6-11(3-4-13(12)20)25-16(27)14-5-2-10(19)7-24-14;2-1-3/h2-7H,8-9H2,1H3,(H2,23,26)(H,25,27);1H,(H,2,3). The molecule has 166 valence electrons. The second-order valence-electron chi connectivity index (χ2n) is 6.49. The third kappa shape index (κ3) is 5.34. The Morgan fingerprint density at radius 3 is 2.58 bits per heavy atom. The van der Waals surface area contributed by atoms with Gasteiger partial charge in [0.05, 0.1) is 6.20 Å². The Morgan fingerprint density at radius 2 is 1.97 bits per heavy atom. The highest BCUT2D eigenvalue weighted by Crippen LogP contribution is 2.44. The van der Waals surface area contributed by atoms with Gasteiger partial charge in [0.15, 0.2) is 5.54 Å². The van der Waals surface area contributed by atoms with Gasteiger partial charge in [0.25, 0.3) is 18.3 Å². The zero-order valence-corrected chi connectivity index (χ0v) is 16.1. The molecule has 1 atom stereocenters. The van der Waals surface area contributed by atoms with E-state index in [1.165, 1.54) is 6.07 Å². The number of carbonyl (C=O) groups excluding carboxylic acids is 1. The second-order valence-corrected chi connectivity index (χ2v) is 6.49. The molecule has 1 aliphatic heterocycles. The van der Waals surface area contributed by atoms with Crippen LogP contribution in [0.4, 0.5) is 23.2 Å². The van der Waals surface area contributed by atoms with E-state index < -0.39 is 41.2 Å². The summed E-state index contributed by atoms with van der Waals surface area (Å²) in [7, 11) is 0. The lowest BCUT2D eigenvalue weighted by Gasteiger charge is -2.33. The van der Waals surface area contributed by atoms with Crippen LogP contribution < -0.4 is 11.1 Å². The number of amides is 1. The summed E-state index contributed by atoms with van der Waals surface area (Å²) in [5.74, 6) is -6.05. The van der Waals surface area contributed by atoms with Gasteiger partial charge in [-0.2, -0.15) is 0 Å². The number of nitrogens with zero attached hydrogens (tertiary/aromatic N) is 2. The van der Waals surface area contributed by atoms with Gasteiger partial charge in [0.1, 0.15) is 36.4 Å². The van der Waals surface area contributed by atoms with Gasteiger partial charge in [-0.3, -0.25) is 14.6 Å². The van der Waals surface area contributed by atoms with Crippen LogP contribution in [-0.2, 0) is 15.1 Å². The molecule has 1 unspecified atom stereocenters. The van der Waals surface area contributed by atoms with Gasteiger partial charge in [0, 0.05) is 11.3 Å². The molecule has 0 spiro atoms. The van der Waals surface area contributed by atoms with Crippen LogP contribution in [0.2, 0.25) is 0 Å². The fourth-order valence-electron chi connectivity index (χ4n) is 2.76. The Hall–Kier alpha value is -3.54. The minimum absolute atomic E-state index is 0.0310. The first-order chi connectivity index (χ1) is 14.5. The average molecular weight is 442 g/mol. The third-order valence-electron chi connectivity index (χ3n) is 4.32. The zero-order valence-electron chi connectivity index (χ0n) is 16.1. The number of nitrogens with two attached hydrogens (primary N) is 1. The van der Waals surface area contributed by atoms with Gasteiger partial charge >= 0.3 is 0 Å². The molecular formula is C19H18F4N4O4. The van der Waals surface area contributed by atoms with E-state index in [-0.39, 0.29) is 30.3 Å². The first kappa shape index (κ1) is 23.7. The molecule has 0 saturated carbocycles. The predicted octanol–water partition coefficient (Wildman–Crippen LogP) is 2.55. The summed E-state index contributed by atoms with van der Waals surface area (Å²) in [5, 5.41) is 9.30. The van der Waals surface area contributed by atoms with Crippen molar-refractivity contribution in [2.45, 2.75) is 18.4 Å². The first-order valence-electron chi connectivity index (χ1n) is 8.64. The fourth-order valence-corrected chi connectivity index (χ4v) is 2.76. The zero-order chi connectivity index (χ0) is 23.2. The van der Waals surface area contributed by atoms with Crippen molar-refractivity contribution in [1.29, 1.82) is 0 Å². The maximum absolute atomic E-state index is 14.7. The van der Waals surface area contributed by atoms with Crippen molar-refractivity contribution in [3.05, 3.63) is 59.4 Å². The first-order valence-corrected chi connectivity index (χ1v) is 8.64. The molecule has 1 aromatic heterocycles. The Labute approximate surface area is 173 Å². The van der Waals surface area contributed by atoms with Gasteiger partial charge in [-0.25, -0.2) is 22.5 Å². The van der Waals surface area contributed by atoms with Crippen molar-refractivity contribution in [2.24, 2.45) is 10.7 Å². The molecule has 1 amide bonds. The van der Waals surface area contributed by atoms with Gasteiger partial charge in [-0.05, 0) is 37.3 Å². The summed E-state index contributed by atoms with van der Waals surface area (Å²) in [5.41, 5.74) is 2.71. The van der Waals surface area contributed by atoms with E-state index in [2.05, 4.69) is 15.3 Å². The molecule has 2 aromatic rings. The van der Waals surface area contributed by atoms with E-state index in [1.54, 1.807) is 0 Å². The van der Waals surface area contributed by atoms with Gasteiger partial charge in [0.2, 0.25) is 0 Å². The van der Waals surface area contributed by atoms with E-state index in [1.807, 2.05) is 0 Å². The molecule has 0 fully saturated rings. The summed E-state index contributed by atoms with van der Waals surface area (Å²) < 4.78 is 61.5. The molecule has 4 N–H and O–H groups in total. The van der Waals surface area contributed by atoms with Crippen LogP contribution >= 0.6 is 0 Å². The number of nitrogens with one attached hydrogen (secondary N) is 1. The maximum atomic E-state index is 14.7. The smallest absolute Gasteiger partial charge is 0.299 e. The van der Waals surface area contributed by atoms with Crippen molar-refractivity contribution < 1.29 is 37.0 Å². The monoisotopic (exact) mass is 442 g/mol. The number of amidine groups is 1. The largest absolute Gasteiger partial charge is 0.483 e. The minimum atomic E-state index is -3.56. The molecule has 12 heteroatoms. The average Bonchev–Trinajstić information content (AvgIpc) is 2.80. The van der Waals surface area contributed by atoms with Gasteiger partial charge in [-0.1, -0.05) is 0 Å². The Balaban J connectivity index is 0.00000107. The van der Waals surface area contributed by atoms with Crippen molar-refractivity contribution in [3.8, 4) is 0 Å². The molecule has 1 aromatic carbocycles. The lowest BCUT2D eigenvalue weighted by Crippen LogP contribution is -2.45. The molecule has 0 bridgehead atoms. The number of aliphatic imine (C=N–C) groups is 1. The highest BCUT2D eigenvalue weighted by molar-refractivity contribution is 6.02. The van der Waals surface area contributed by atoms with Crippen molar-refractivity contribution in [2.75, 3.05) is 18.5 Å². The number of rotatable bonds is 3. The molecule has 0 saturated heterocycles. The van der Waals surface area contributed by atoms with Crippen LogP contribution in [0.1, 0.15) is 23.0 Å². The topological polar surface area (TPSA) is 127 Å². The molecule has 1 aliphatic rings. The van der Waals surface area contributed by atoms with Crippen LogP contribution in [0.25, 0.3) is 0 Å².